The second-order valence-corrected chi connectivity index (χ2v) is 6.19. The maximum atomic E-state index is 5.26. The Kier molecular flexibility index (Phi) is 11.3. The van der Waals surface area contributed by atoms with Crippen molar-refractivity contribution in [3.8, 4) is 0 Å². The summed E-state index contributed by atoms with van der Waals surface area (Å²) in [4.78, 5) is 0. The first kappa shape index (κ1) is 14.1. The second-order valence-electron chi connectivity index (χ2n) is 3.81. The van der Waals surface area contributed by atoms with Gasteiger partial charge in [-0.15, -0.1) is 0 Å². The molecule has 0 saturated heterocycles. The molecule has 86 valence electrons. The maximum Gasteiger partial charge on any atom is 0.320 e. The zero-order chi connectivity index (χ0) is 10.6. The van der Waals surface area contributed by atoms with Gasteiger partial charge in [0.15, 0.2) is 0 Å². The summed E-state index contributed by atoms with van der Waals surface area (Å²) < 4.78 is 10.5. The highest BCUT2D eigenvalue weighted by atomic mass is 28.3. The Bertz CT molecular complexity index is 105. The summed E-state index contributed by atoms with van der Waals surface area (Å²) in [5, 5.41) is 0. The van der Waals surface area contributed by atoms with E-state index in [0.717, 1.165) is 0 Å². The smallest absolute Gasteiger partial charge is 0.320 e. The average molecular weight is 218 g/mol. The zero-order valence-corrected chi connectivity index (χ0v) is 11.2. The summed E-state index contributed by atoms with van der Waals surface area (Å²) in [6.07, 6.45) is 9.56. The molecule has 0 aliphatic rings. The first-order chi connectivity index (χ1) is 6.85. The number of rotatable bonds is 10. The van der Waals surface area contributed by atoms with E-state index in [9.17, 15) is 0 Å². The van der Waals surface area contributed by atoms with Gasteiger partial charge in [0.05, 0.1) is 0 Å². The fourth-order valence-corrected chi connectivity index (χ4v) is 2.89. The molecule has 0 rings (SSSR count). The van der Waals surface area contributed by atoms with Crippen LogP contribution in [0.1, 0.15) is 51.9 Å². The first-order valence-corrected chi connectivity index (χ1v) is 7.66. The lowest BCUT2D eigenvalue weighted by molar-refractivity contribution is 0.276. The van der Waals surface area contributed by atoms with Gasteiger partial charge in [0, 0.05) is 14.2 Å². The third-order valence-corrected chi connectivity index (χ3v) is 4.50. The van der Waals surface area contributed by atoms with Crippen LogP contribution in [0.25, 0.3) is 0 Å². The summed E-state index contributed by atoms with van der Waals surface area (Å²) in [5.41, 5.74) is 0. The summed E-state index contributed by atoms with van der Waals surface area (Å²) in [6.45, 7) is 2.26. The molecule has 0 bridgehead atoms. The molecule has 14 heavy (non-hydrogen) atoms. The Balaban J connectivity index is 3.04. The Hall–Kier alpha value is 0.137. The highest BCUT2D eigenvalue weighted by Crippen LogP contribution is 2.10. The van der Waals surface area contributed by atoms with Gasteiger partial charge in [0.2, 0.25) is 0 Å². The molecule has 0 fully saturated rings. The third-order valence-electron chi connectivity index (χ3n) is 2.57. The van der Waals surface area contributed by atoms with Gasteiger partial charge in [-0.25, -0.2) is 0 Å². The molecule has 0 aliphatic carbocycles. The van der Waals surface area contributed by atoms with Crippen molar-refractivity contribution in [1.82, 2.24) is 0 Å². The lowest BCUT2D eigenvalue weighted by atomic mass is 10.1. The highest BCUT2D eigenvalue weighted by molar-refractivity contribution is 6.44. The minimum atomic E-state index is -1.26. The molecular formula is C11H26O2Si. The highest BCUT2D eigenvalue weighted by Gasteiger charge is 2.07. The molecular weight excluding hydrogens is 192 g/mol. The quantitative estimate of drug-likeness (QED) is 0.414. The van der Waals surface area contributed by atoms with E-state index in [-0.39, 0.29) is 0 Å². The molecule has 0 heterocycles. The SMILES string of the molecule is CCCCCCCCC[SiH](OC)OC. The lowest BCUT2D eigenvalue weighted by Gasteiger charge is -2.09. The van der Waals surface area contributed by atoms with Gasteiger partial charge >= 0.3 is 9.28 Å². The van der Waals surface area contributed by atoms with Crippen LogP contribution in [0.3, 0.4) is 0 Å². The molecule has 0 aromatic carbocycles. The van der Waals surface area contributed by atoms with Gasteiger partial charge < -0.3 is 8.85 Å². The van der Waals surface area contributed by atoms with Crippen LogP contribution in [0.2, 0.25) is 6.04 Å². The van der Waals surface area contributed by atoms with E-state index in [1.165, 1.54) is 51.0 Å². The molecule has 0 N–H and O–H groups in total. The van der Waals surface area contributed by atoms with E-state index >= 15 is 0 Å². The van der Waals surface area contributed by atoms with Crippen LogP contribution < -0.4 is 0 Å². The molecule has 0 saturated carbocycles. The molecule has 0 unspecified atom stereocenters. The van der Waals surface area contributed by atoms with Gasteiger partial charge in [0.1, 0.15) is 0 Å². The Morgan fingerprint density at radius 2 is 1.29 bits per heavy atom. The average Bonchev–Trinajstić information content (AvgIpc) is 2.22. The van der Waals surface area contributed by atoms with E-state index in [2.05, 4.69) is 6.92 Å². The van der Waals surface area contributed by atoms with Crippen molar-refractivity contribution in [1.29, 1.82) is 0 Å². The minimum Gasteiger partial charge on any atom is -0.400 e. The van der Waals surface area contributed by atoms with Crippen molar-refractivity contribution < 1.29 is 8.85 Å². The van der Waals surface area contributed by atoms with Crippen LogP contribution in [0.4, 0.5) is 0 Å². The number of hydrogen-bond acceptors (Lipinski definition) is 2. The molecule has 0 aliphatic heterocycles. The van der Waals surface area contributed by atoms with Crippen molar-refractivity contribution in [2.45, 2.75) is 57.9 Å². The first-order valence-electron chi connectivity index (χ1n) is 5.90. The van der Waals surface area contributed by atoms with E-state index < -0.39 is 9.28 Å². The monoisotopic (exact) mass is 218 g/mol. The summed E-state index contributed by atoms with van der Waals surface area (Å²) >= 11 is 0. The predicted octanol–water partition coefficient (Wildman–Crippen LogP) is 3.25. The van der Waals surface area contributed by atoms with Gasteiger partial charge in [-0.3, -0.25) is 0 Å². The van der Waals surface area contributed by atoms with Crippen LogP contribution in [0.15, 0.2) is 0 Å². The van der Waals surface area contributed by atoms with E-state index in [4.69, 9.17) is 8.85 Å². The summed E-state index contributed by atoms with van der Waals surface area (Å²) in [6, 6.07) is 1.17. The van der Waals surface area contributed by atoms with Gasteiger partial charge in [0.25, 0.3) is 0 Å². The largest absolute Gasteiger partial charge is 0.400 e. The van der Waals surface area contributed by atoms with Gasteiger partial charge in [-0.05, 0) is 6.04 Å². The Morgan fingerprint density at radius 1 is 0.786 bits per heavy atom. The minimum absolute atomic E-state index is 1.17. The number of hydrogen-bond donors (Lipinski definition) is 0. The molecule has 2 nitrogen and oxygen atoms in total. The standard InChI is InChI=1S/C11H26O2Si/c1-4-5-6-7-8-9-10-11-14(12-2)13-3/h14H,4-11H2,1-3H3. The van der Waals surface area contributed by atoms with E-state index in [0.29, 0.717) is 0 Å². The van der Waals surface area contributed by atoms with E-state index in [1.54, 1.807) is 14.2 Å². The van der Waals surface area contributed by atoms with Gasteiger partial charge in [-0.1, -0.05) is 51.9 Å². The molecule has 0 aromatic heterocycles. The van der Waals surface area contributed by atoms with Crippen molar-refractivity contribution in [3.63, 3.8) is 0 Å². The Morgan fingerprint density at radius 3 is 1.79 bits per heavy atom. The molecule has 3 heteroatoms. The maximum absolute atomic E-state index is 5.26. The fourth-order valence-electron chi connectivity index (χ4n) is 1.60. The topological polar surface area (TPSA) is 18.5 Å². The summed E-state index contributed by atoms with van der Waals surface area (Å²) in [7, 11) is 2.27. The molecule has 0 aromatic rings. The molecule has 0 atom stereocenters. The van der Waals surface area contributed by atoms with Crippen LogP contribution in [-0.2, 0) is 8.85 Å². The fraction of sp³-hybridized carbons (Fsp3) is 1.00. The predicted molar refractivity (Wildman–Crippen MR) is 64.0 cm³/mol. The van der Waals surface area contributed by atoms with Crippen molar-refractivity contribution in [2.75, 3.05) is 14.2 Å². The second kappa shape index (κ2) is 11.2. The van der Waals surface area contributed by atoms with Crippen LogP contribution in [0, 0.1) is 0 Å². The lowest BCUT2D eigenvalue weighted by Crippen LogP contribution is -2.18. The van der Waals surface area contributed by atoms with E-state index in [1.807, 2.05) is 0 Å². The number of unbranched alkanes of at least 4 members (excludes halogenated alkanes) is 6. The van der Waals surface area contributed by atoms with Crippen molar-refractivity contribution >= 4 is 9.28 Å². The normalized spacial score (nSPS) is 11.1. The van der Waals surface area contributed by atoms with Crippen LogP contribution >= 0.6 is 0 Å². The van der Waals surface area contributed by atoms with Crippen LogP contribution in [0.5, 0.6) is 0 Å². The van der Waals surface area contributed by atoms with Gasteiger partial charge in [-0.2, -0.15) is 0 Å². The molecule has 0 amide bonds. The van der Waals surface area contributed by atoms with Crippen molar-refractivity contribution in [3.05, 3.63) is 0 Å². The molecule has 0 radical (unpaired) electrons. The zero-order valence-electron chi connectivity index (χ0n) is 10.1. The summed E-state index contributed by atoms with van der Waals surface area (Å²) in [5.74, 6) is 0. The Labute approximate surface area is 90.8 Å². The van der Waals surface area contributed by atoms with Crippen molar-refractivity contribution in [2.24, 2.45) is 0 Å². The van der Waals surface area contributed by atoms with Crippen LogP contribution in [-0.4, -0.2) is 23.5 Å². The molecule has 0 spiro atoms. The third kappa shape index (κ3) is 8.72.